The van der Waals surface area contributed by atoms with E-state index in [-0.39, 0.29) is 42.3 Å². The van der Waals surface area contributed by atoms with Crippen LogP contribution in [0.25, 0.3) is 16.6 Å². The zero-order valence-electron chi connectivity index (χ0n) is 32.5. The molecule has 4 aliphatic rings. The van der Waals surface area contributed by atoms with Gasteiger partial charge in [0.2, 0.25) is 5.95 Å². The molecule has 1 N–H and O–H groups in total. The van der Waals surface area contributed by atoms with Crippen LogP contribution in [0.1, 0.15) is 83.8 Å². The standard InChI is InChI=1S/C44H44N8O6/c1-27-25-44(27,40-46-42(55)58-47-40)52-35-14-13-31(30-16-21-57-22-17-30)23-32(35)24-36(52)39(54)49-18-15-34-37(28(49)2)45-41(51(38(34)53)33-11-7-4-8-12-33)50-20-19-48(43(50)56)26-29-9-5-3-6-10-29/h3-14,23-24,27-28,30H,15-22,25-26H2,1-2H3,(H,46,47,55)/t27-,28-,44-/m1/s1. The number of aromatic nitrogens is 5. The molecule has 0 bridgehead atoms. The lowest BCUT2D eigenvalue weighted by Crippen LogP contribution is -2.45. The van der Waals surface area contributed by atoms with Crippen LogP contribution in [0.5, 0.6) is 0 Å². The number of anilines is 1. The van der Waals surface area contributed by atoms with Crippen LogP contribution in [-0.2, 0) is 23.2 Å². The summed E-state index contributed by atoms with van der Waals surface area (Å²) >= 11 is 0. The van der Waals surface area contributed by atoms with Crippen molar-refractivity contribution < 1.29 is 18.8 Å². The summed E-state index contributed by atoms with van der Waals surface area (Å²) in [4.78, 5) is 69.3. The van der Waals surface area contributed by atoms with E-state index in [1.54, 1.807) is 14.7 Å². The number of carbonyl (C=O) groups is 2. The van der Waals surface area contributed by atoms with Gasteiger partial charge in [0, 0.05) is 55.9 Å². The first-order valence-electron chi connectivity index (χ1n) is 20.2. The summed E-state index contributed by atoms with van der Waals surface area (Å²) < 4.78 is 14.2. The smallest absolute Gasteiger partial charge is 0.381 e. The van der Waals surface area contributed by atoms with Gasteiger partial charge in [0.05, 0.1) is 17.4 Å². The first-order valence-corrected chi connectivity index (χ1v) is 20.2. The number of amides is 3. The number of ether oxygens (including phenoxy) is 1. The van der Waals surface area contributed by atoms with Gasteiger partial charge in [-0.15, -0.1) is 0 Å². The molecule has 3 atom stereocenters. The number of hydrogen-bond acceptors (Lipinski definition) is 8. The lowest BCUT2D eigenvalue weighted by atomic mass is 9.91. The lowest BCUT2D eigenvalue weighted by Gasteiger charge is -2.36. The second-order valence-electron chi connectivity index (χ2n) is 16.1. The van der Waals surface area contributed by atoms with E-state index < -0.39 is 17.3 Å². The number of para-hydroxylation sites is 1. The SMILES string of the molecule is C[C@@H]1c2nc(N3CCN(Cc4ccccc4)C3=O)n(-c3ccccc3)c(=O)c2CCN1C(=O)c1cc2cc(C3CCOCC3)ccc2n1[C@]1(c2noc(=O)[nH]2)C[C@H]1C. The van der Waals surface area contributed by atoms with Crippen molar-refractivity contribution in [3.8, 4) is 5.69 Å². The Morgan fingerprint density at radius 3 is 2.36 bits per heavy atom. The Kier molecular flexibility index (Phi) is 8.70. The van der Waals surface area contributed by atoms with E-state index in [1.165, 1.54) is 10.1 Å². The van der Waals surface area contributed by atoms with Gasteiger partial charge in [-0.3, -0.25) is 24.0 Å². The molecule has 14 heteroatoms. The molecule has 0 radical (unpaired) electrons. The minimum atomic E-state index is -0.799. The molecule has 1 saturated carbocycles. The van der Waals surface area contributed by atoms with Crippen molar-refractivity contribution in [1.82, 2.24) is 34.1 Å². The number of aromatic amines is 1. The summed E-state index contributed by atoms with van der Waals surface area (Å²) in [6.45, 7) is 6.93. The van der Waals surface area contributed by atoms with Crippen LogP contribution >= 0.6 is 0 Å². The molecule has 3 fully saturated rings. The first kappa shape index (κ1) is 36.1. The summed E-state index contributed by atoms with van der Waals surface area (Å²) in [7, 11) is 0. The molecule has 0 spiro atoms. The van der Waals surface area contributed by atoms with E-state index in [2.05, 4.69) is 35.3 Å². The van der Waals surface area contributed by atoms with Crippen molar-refractivity contribution in [2.75, 3.05) is 37.7 Å². The third-order valence-corrected chi connectivity index (χ3v) is 12.7. The maximum absolute atomic E-state index is 15.2. The number of fused-ring (bicyclic) bond motifs is 2. The zero-order chi connectivity index (χ0) is 39.7. The molecule has 6 aromatic rings. The van der Waals surface area contributed by atoms with Crippen LogP contribution in [0.15, 0.2) is 99.0 Å². The van der Waals surface area contributed by atoms with Gasteiger partial charge in [0.1, 0.15) is 11.2 Å². The number of nitrogens with one attached hydrogen (secondary N) is 1. The molecule has 10 rings (SSSR count). The average molecular weight is 781 g/mol. The summed E-state index contributed by atoms with van der Waals surface area (Å²) in [6.07, 6.45) is 2.79. The highest BCUT2D eigenvalue weighted by molar-refractivity contribution is 6.00. The minimum absolute atomic E-state index is 0.0465. The van der Waals surface area contributed by atoms with E-state index in [4.69, 9.17) is 14.2 Å². The molecule has 0 unspecified atom stereocenters. The largest absolute Gasteiger partial charge is 0.438 e. The molecule has 3 aromatic carbocycles. The van der Waals surface area contributed by atoms with Crippen LogP contribution in [-0.4, -0.2) is 78.8 Å². The van der Waals surface area contributed by atoms with E-state index in [0.717, 1.165) is 29.3 Å². The summed E-state index contributed by atoms with van der Waals surface area (Å²) in [5.41, 5.74) is 4.06. The van der Waals surface area contributed by atoms with E-state index in [0.29, 0.717) is 73.6 Å². The van der Waals surface area contributed by atoms with Crippen LogP contribution in [0.3, 0.4) is 0 Å². The summed E-state index contributed by atoms with van der Waals surface area (Å²) in [5, 5.41) is 5.07. The van der Waals surface area contributed by atoms with Gasteiger partial charge in [-0.05, 0) is 85.9 Å². The van der Waals surface area contributed by atoms with Gasteiger partial charge in [-0.2, -0.15) is 0 Å². The van der Waals surface area contributed by atoms with Crippen LogP contribution in [0, 0.1) is 5.92 Å². The number of benzene rings is 3. The molecule has 3 aliphatic heterocycles. The van der Waals surface area contributed by atoms with E-state index >= 15 is 4.79 Å². The second-order valence-corrected chi connectivity index (χ2v) is 16.1. The number of urea groups is 1. The van der Waals surface area contributed by atoms with Crippen LogP contribution < -0.4 is 16.2 Å². The monoisotopic (exact) mass is 780 g/mol. The van der Waals surface area contributed by atoms with Gasteiger partial charge in [-0.25, -0.2) is 19.1 Å². The van der Waals surface area contributed by atoms with Gasteiger partial charge < -0.3 is 19.1 Å². The molecule has 14 nitrogen and oxygen atoms in total. The second kappa shape index (κ2) is 14.0. The fraction of sp³-hybridized carbons (Fsp3) is 0.364. The number of rotatable bonds is 8. The van der Waals surface area contributed by atoms with Gasteiger partial charge in [-0.1, -0.05) is 66.7 Å². The minimum Gasteiger partial charge on any atom is -0.381 e. The third kappa shape index (κ3) is 5.79. The predicted octanol–water partition coefficient (Wildman–Crippen LogP) is 5.74. The van der Waals surface area contributed by atoms with Gasteiger partial charge in [0.25, 0.3) is 11.5 Å². The van der Waals surface area contributed by atoms with Crippen molar-refractivity contribution in [2.45, 2.75) is 63.6 Å². The number of nitrogens with zero attached hydrogens (tertiary/aromatic N) is 7. The number of carbonyl (C=O) groups excluding carboxylic acids is 2. The Balaban J connectivity index is 1.06. The Morgan fingerprint density at radius 1 is 0.914 bits per heavy atom. The van der Waals surface area contributed by atoms with Crippen LogP contribution in [0.4, 0.5) is 10.7 Å². The van der Waals surface area contributed by atoms with Crippen molar-refractivity contribution in [3.05, 3.63) is 140 Å². The fourth-order valence-electron chi connectivity index (χ4n) is 9.53. The maximum Gasteiger partial charge on any atom is 0.438 e. The molecule has 2 saturated heterocycles. The first-order chi connectivity index (χ1) is 28.2. The lowest BCUT2D eigenvalue weighted by molar-refractivity contribution is 0.0658. The maximum atomic E-state index is 15.2. The highest BCUT2D eigenvalue weighted by Crippen LogP contribution is 2.56. The van der Waals surface area contributed by atoms with Gasteiger partial charge >= 0.3 is 11.8 Å². The Labute approximate surface area is 333 Å². The molecule has 1 aliphatic carbocycles. The van der Waals surface area contributed by atoms with Gasteiger partial charge in [0.15, 0.2) is 5.82 Å². The fourth-order valence-corrected chi connectivity index (χ4v) is 9.53. The molecule has 6 heterocycles. The molecule has 3 amide bonds. The van der Waals surface area contributed by atoms with Crippen molar-refractivity contribution in [3.63, 3.8) is 0 Å². The molecule has 58 heavy (non-hydrogen) atoms. The summed E-state index contributed by atoms with van der Waals surface area (Å²) in [5.74, 6) is 0.133. The third-order valence-electron chi connectivity index (χ3n) is 12.7. The molecule has 3 aromatic heterocycles. The predicted molar refractivity (Wildman–Crippen MR) is 215 cm³/mol. The zero-order valence-corrected chi connectivity index (χ0v) is 32.5. The van der Waals surface area contributed by atoms with Crippen LogP contribution in [0.2, 0.25) is 0 Å². The van der Waals surface area contributed by atoms with E-state index in [1.807, 2.05) is 78.2 Å². The van der Waals surface area contributed by atoms with E-state index in [9.17, 15) is 14.4 Å². The topological polar surface area (TPSA) is 152 Å². The van der Waals surface area contributed by atoms with Crippen molar-refractivity contribution >= 4 is 28.8 Å². The Morgan fingerprint density at radius 2 is 1.66 bits per heavy atom. The Bertz CT molecular complexity index is 2680. The average Bonchev–Trinajstić information content (AvgIpc) is 3.55. The highest BCUT2D eigenvalue weighted by atomic mass is 16.5. The molecule has 296 valence electrons. The van der Waals surface area contributed by atoms with Crippen molar-refractivity contribution in [2.24, 2.45) is 5.92 Å². The quantitative estimate of drug-likeness (QED) is 0.205. The summed E-state index contributed by atoms with van der Waals surface area (Å²) in [6, 6.07) is 26.6. The number of H-pyrrole nitrogens is 1. The Hall–Kier alpha value is -6.28. The highest BCUT2D eigenvalue weighted by Gasteiger charge is 2.59. The normalized spacial score (nSPS) is 22.2. The van der Waals surface area contributed by atoms with Crippen molar-refractivity contribution in [1.29, 1.82) is 0 Å². The molecular formula is C44H44N8O6. The molecular weight excluding hydrogens is 737 g/mol. The number of hydrogen-bond donors (Lipinski definition) is 1.